The standard InChI is InChI=1S/C19H24N2O4S/c1-3-21(13-14-25-19(22)16-9-6-5-7-10-16)18-12-8-11-17(15-18)20-26(23,24)4-2/h5-12,15,20H,3-4,13-14H2,1-2H3. The smallest absolute Gasteiger partial charge is 0.338 e. The van der Waals surface area contributed by atoms with Gasteiger partial charge in [0, 0.05) is 12.2 Å². The molecule has 0 fully saturated rings. The third-order valence-corrected chi connectivity index (χ3v) is 5.16. The molecular weight excluding hydrogens is 352 g/mol. The minimum Gasteiger partial charge on any atom is -0.460 e. The zero-order chi connectivity index (χ0) is 19.0. The van der Waals surface area contributed by atoms with Crippen molar-refractivity contribution in [1.29, 1.82) is 0 Å². The van der Waals surface area contributed by atoms with Gasteiger partial charge in [-0.1, -0.05) is 24.3 Å². The number of carbonyl (C=O) groups excluding carboxylic acids is 1. The van der Waals surface area contributed by atoms with Crippen molar-refractivity contribution >= 4 is 27.4 Å². The van der Waals surface area contributed by atoms with Crippen LogP contribution in [0.15, 0.2) is 54.6 Å². The van der Waals surface area contributed by atoms with Gasteiger partial charge in [0.05, 0.1) is 23.5 Å². The molecule has 0 bridgehead atoms. The number of ether oxygens (including phenoxy) is 1. The minimum atomic E-state index is -3.32. The maximum absolute atomic E-state index is 12.0. The van der Waals surface area contributed by atoms with E-state index in [4.69, 9.17) is 4.74 Å². The lowest BCUT2D eigenvalue weighted by molar-refractivity contribution is 0.0515. The topological polar surface area (TPSA) is 75.7 Å². The highest BCUT2D eigenvalue weighted by molar-refractivity contribution is 7.92. The highest BCUT2D eigenvalue weighted by Gasteiger charge is 2.11. The van der Waals surface area contributed by atoms with E-state index in [1.807, 2.05) is 24.0 Å². The summed E-state index contributed by atoms with van der Waals surface area (Å²) in [6.45, 7) is 5.03. The van der Waals surface area contributed by atoms with Crippen LogP contribution in [0.4, 0.5) is 11.4 Å². The quantitative estimate of drug-likeness (QED) is 0.681. The Hall–Kier alpha value is -2.54. The Morgan fingerprint density at radius 1 is 1.08 bits per heavy atom. The van der Waals surface area contributed by atoms with Crippen LogP contribution in [0.3, 0.4) is 0 Å². The van der Waals surface area contributed by atoms with Crippen LogP contribution in [0.25, 0.3) is 0 Å². The van der Waals surface area contributed by atoms with Crippen LogP contribution in [-0.2, 0) is 14.8 Å². The SMILES string of the molecule is CCN(CCOC(=O)c1ccccc1)c1cccc(NS(=O)(=O)CC)c1. The van der Waals surface area contributed by atoms with Crippen molar-refractivity contribution in [3.8, 4) is 0 Å². The molecular formula is C19H24N2O4S. The van der Waals surface area contributed by atoms with E-state index in [1.54, 1.807) is 49.4 Å². The van der Waals surface area contributed by atoms with Crippen LogP contribution < -0.4 is 9.62 Å². The maximum Gasteiger partial charge on any atom is 0.338 e. The average Bonchev–Trinajstić information content (AvgIpc) is 2.65. The van der Waals surface area contributed by atoms with Crippen LogP contribution in [0.2, 0.25) is 0 Å². The van der Waals surface area contributed by atoms with E-state index in [0.717, 1.165) is 5.69 Å². The number of esters is 1. The zero-order valence-corrected chi connectivity index (χ0v) is 15.8. The molecule has 0 radical (unpaired) electrons. The van der Waals surface area contributed by atoms with E-state index < -0.39 is 10.0 Å². The lowest BCUT2D eigenvalue weighted by Crippen LogP contribution is -2.28. The fourth-order valence-corrected chi connectivity index (χ4v) is 3.02. The average molecular weight is 376 g/mol. The van der Waals surface area contributed by atoms with Crippen molar-refractivity contribution in [2.45, 2.75) is 13.8 Å². The minimum absolute atomic E-state index is 0.0180. The molecule has 0 aliphatic carbocycles. The molecule has 0 aliphatic heterocycles. The Morgan fingerprint density at radius 3 is 2.46 bits per heavy atom. The van der Waals surface area contributed by atoms with Gasteiger partial charge in [0.1, 0.15) is 6.61 Å². The largest absolute Gasteiger partial charge is 0.460 e. The molecule has 0 aromatic heterocycles. The molecule has 0 saturated carbocycles. The second-order valence-electron chi connectivity index (χ2n) is 5.64. The van der Waals surface area contributed by atoms with Crippen LogP contribution in [-0.4, -0.2) is 39.8 Å². The Morgan fingerprint density at radius 2 is 1.81 bits per heavy atom. The number of hydrogen-bond donors (Lipinski definition) is 1. The molecule has 2 aromatic rings. The predicted molar refractivity (Wildman–Crippen MR) is 104 cm³/mol. The van der Waals surface area contributed by atoms with Crippen molar-refractivity contribution in [3.05, 3.63) is 60.2 Å². The summed E-state index contributed by atoms with van der Waals surface area (Å²) in [5.74, 6) is -0.337. The van der Waals surface area contributed by atoms with Crippen molar-refractivity contribution in [3.63, 3.8) is 0 Å². The summed E-state index contributed by atoms with van der Waals surface area (Å²) < 4.78 is 31.3. The zero-order valence-electron chi connectivity index (χ0n) is 15.0. The predicted octanol–water partition coefficient (Wildman–Crippen LogP) is 3.13. The molecule has 6 nitrogen and oxygen atoms in total. The lowest BCUT2D eigenvalue weighted by atomic mass is 10.2. The first-order valence-electron chi connectivity index (χ1n) is 8.53. The monoisotopic (exact) mass is 376 g/mol. The summed E-state index contributed by atoms with van der Waals surface area (Å²) in [4.78, 5) is 14.0. The normalized spacial score (nSPS) is 11.0. The van der Waals surface area contributed by atoms with E-state index in [9.17, 15) is 13.2 Å². The molecule has 7 heteroatoms. The number of nitrogens with one attached hydrogen (secondary N) is 1. The van der Waals surface area contributed by atoms with Gasteiger partial charge in [-0.25, -0.2) is 13.2 Å². The molecule has 0 amide bonds. The molecule has 0 saturated heterocycles. The maximum atomic E-state index is 12.0. The molecule has 0 atom stereocenters. The van der Waals surface area contributed by atoms with E-state index in [0.29, 0.717) is 24.3 Å². The Kier molecular flexibility index (Phi) is 7.03. The van der Waals surface area contributed by atoms with Crippen LogP contribution in [0, 0.1) is 0 Å². The van der Waals surface area contributed by atoms with Crippen molar-refractivity contribution < 1.29 is 17.9 Å². The number of likely N-dealkylation sites (N-methyl/N-ethyl adjacent to an activating group) is 1. The first-order chi connectivity index (χ1) is 12.4. The van der Waals surface area contributed by atoms with Gasteiger partial charge >= 0.3 is 5.97 Å². The summed E-state index contributed by atoms with van der Waals surface area (Å²) >= 11 is 0. The van der Waals surface area contributed by atoms with Gasteiger partial charge in [-0.15, -0.1) is 0 Å². The molecule has 0 aliphatic rings. The summed E-state index contributed by atoms with van der Waals surface area (Å²) in [7, 11) is -3.32. The number of rotatable bonds is 9. The molecule has 0 spiro atoms. The first kappa shape index (κ1) is 19.8. The third kappa shape index (κ3) is 5.77. The molecule has 0 heterocycles. The van der Waals surface area contributed by atoms with Gasteiger partial charge in [-0.05, 0) is 44.2 Å². The number of benzene rings is 2. The Balaban J connectivity index is 1.97. The van der Waals surface area contributed by atoms with Gasteiger partial charge in [0.25, 0.3) is 0 Å². The molecule has 2 rings (SSSR count). The van der Waals surface area contributed by atoms with Crippen LogP contribution in [0.5, 0.6) is 0 Å². The van der Waals surface area contributed by atoms with Crippen molar-refractivity contribution in [1.82, 2.24) is 0 Å². The number of sulfonamides is 1. The molecule has 26 heavy (non-hydrogen) atoms. The van der Waals surface area contributed by atoms with E-state index in [-0.39, 0.29) is 18.3 Å². The Bertz CT molecular complexity index is 822. The molecule has 0 unspecified atom stereocenters. The Labute approximate surface area is 154 Å². The second kappa shape index (κ2) is 9.24. The molecule has 140 valence electrons. The molecule has 1 N–H and O–H groups in total. The van der Waals surface area contributed by atoms with Crippen LogP contribution >= 0.6 is 0 Å². The van der Waals surface area contributed by atoms with Gasteiger partial charge in [0.2, 0.25) is 10.0 Å². The number of nitrogens with zero attached hydrogens (tertiary/aromatic N) is 1. The van der Waals surface area contributed by atoms with Gasteiger partial charge < -0.3 is 9.64 Å². The number of hydrogen-bond acceptors (Lipinski definition) is 5. The lowest BCUT2D eigenvalue weighted by Gasteiger charge is -2.23. The highest BCUT2D eigenvalue weighted by Crippen LogP contribution is 2.20. The molecule has 2 aromatic carbocycles. The van der Waals surface area contributed by atoms with Gasteiger partial charge in [0.15, 0.2) is 0 Å². The first-order valence-corrected chi connectivity index (χ1v) is 10.2. The number of anilines is 2. The van der Waals surface area contributed by atoms with E-state index in [1.165, 1.54) is 0 Å². The highest BCUT2D eigenvalue weighted by atomic mass is 32.2. The third-order valence-electron chi connectivity index (χ3n) is 3.85. The summed E-state index contributed by atoms with van der Waals surface area (Å²) in [6, 6.07) is 16.0. The van der Waals surface area contributed by atoms with Crippen molar-refractivity contribution in [2.75, 3.05) is 35.1 Å². The van der Waals surface area contributed by atoms with Crippen LogP contribution in [0.1, 0.15) is 24.2 Å². The summed E-state index contributed by atoms with van der Waals surface area (Å²) in [6.07, 6.45) is 0. The fourth-order valence-electron chi connectivity index (χ4n) is 2.39. The fraction of sp³-hybridized carbons (Fsp3) is 0.316. The van der Waals surface area contributed by atoms with Gasteiger partial charge in [-0.2, -0.15) is 0 Å². The van der Waals surface area contributed by atoms with Gasteiger partial charge in [-0.3, -0.25) is 4.72 Å². The summed E-state index contributed by atoms with van der Waals surface area (Å²) in [5, 5.41) is 0. The van der Waals surface area contributed by atoms with E-state index >= 15 is 0 Å². The number of carbonyl (C=O) groups is 1. The van der Waals surface area contributed by atoms with Crippen molar-refractivity contribution in [2.24, 2.45) is 0 Å². The summed E-state index contributed by atoms with van der Waals surface area (Å²) in [5.41, 5.74) is 1.90. The second-order valence-corrected chi connectivity index (χ2v) is 7.65. The van der Waals surface area contributed by atoms with E-state index in [2.05, 4.69) is 4.72 Å².